The molecule has 2 amide bonds. The third kappa shape index (κ3) is 6.87. The first kappa shape index (κ1) is 23.9. The number of halogens is 1. The van der Waals surface area contributed by atoms with Crippen LogP contribution < -0.4 is 10.1 Å². The number of carbonyl (C=O) groups is 2. The quantitative estimate of drug-likeness (QED) is 0.532. The molecule has 0 aliphatic carbocycles. The van der Waals surface area contributed by atoms with Crippen molar-refractivity contribution >= 4 is 27.7 Å². The Bertz CT molecular complexity index is 837. The monoisotopic (exact) mass is 474 g/mol. The van der Waals surface area contributed by atoms with Gasteiger partial charge in [0.25, 0.3) is 5.91 Å². The Morgan fingerprint density at radius 1 is 1.07 bits per heavy atom. The van der Waals surface area contributed by atoms with Crippen molar-refractivity contribution in [1.29, 1.82) is 0 Å². The average molecular weight is 475 g/mol. The third-order valence-corrected chi connectivity index (χ3v) is 5.40. The van der Waals surface area contributed by atoms with E-state index in [4.69, 9.17) is 4.74 Å². The average Bonchev–Trinajstić information content (AvgIpc) is 2.75. The van der Waals surface area contributed by atoms with Gasteiger partial charge in [0.2, 0.25) is 5.91 Å². The van der Waals surface area contributed by atoms with Crippen molar-refractivity contribution < 1.29 is 14.3 Å². The van der Waals surface area contributed by atoms with Crippen molar-refractivity contribution in [3.05, 3.63) is 64.1 Å². The maximum atomic E-state index is 13.1. The Labute approximate surface area is 187 Å². The van der Waals surface area contributed by atoms with E-state index in [1.54, 1.807) is 11.8 Å². The number of rotatable bonds is 10. The molecule has 0 fully saturated rings. The van der Waals surface area contributed by atoms with Gasteiger partial charge in [-0.25, -0.2) is 0 Å². The molecule has 0 heterocycles. The molecule has 2 aromatic rings. The first-order valence-electron chi connectivity index (χ1n) is 10.4. The summed E-state index contributed by atoms with van der Waals surface area (Å²) < 4.78 is 6.84. The lowest BCUT2D eigenvalue weighted by Gasteiger charge is -2.29. The number of ether oxygens (including phenoxy) is 1. The molecule has 0 aromatic heterocycles. The van der Waals surface area contributed by atoms with Gasteiger partial charge in [-0.15, -0.1) is 0 Å². The molecule has 0 aliphatic rings. The zero-order valence-corrected chi connectivity index (χ0v) is 19.7. The second kappa shape index (κ2) is 11.7. The van der Waals surface area contributed by atoms with Crippen LogP contribution in [0.1, 0.15) is 51.2 Å². The molecule has 0 saturated heterocycles. The van der Waals surface area contributed by atoms with Crippen LogP contribution in [0.3, 0.4) is 0 Å². The van der Waals surface area contributed by atoms with Gasteiger partial charge >= 0.3 is 0 Å². The van der Waals surface area contributed by atoms with Gasteiger partial charge in [-0.3, -0.25) is 9.59 Å². The summed E-state index contributed by atoms with van der Waals surface area (Å²) >= 11 is 3.43. The Balaban J connectivity index is 2.16. The SMILES string of the molecule is CCCNC(=O)[C@H](C)N(Cc1ccc(Br)cc1)C(=O)COc1ccccc1C(C)C. The van der Waals surface area contributed by atoms with Crippen LogP contribution in [-0.2, 0) is 16.1 Å². The molecule has 0 saturated carbocycles. The number of hydrogen-bond acceptors (Lipinski definition) is 3. The van der Waals surface area contributed by atoms with Gasteiger partial charge in [0.05, 0.1) is 0 Å². The molecule has 0 bridgehead atoms. The van der Waals surface area contributed by atoms with Gasteiger partial charge in [-0.1, -0.05) is 67.0 Å². The molecule has 30 heavy (non-hydrogen) atoms. The summed E-state index contributed by atoms with van der Waals surface area (Å²) in [5.41, 5.74) is 2.00. The molecular formula is C24H31BrN2O3. The minimum atomic E-state index is -0.600. The van der Waals surface area contributed by atoms with Crippen LogP contribution >= 0.6 is 15.9 Å². The van der Waals surface area contributed by atoms with Crippen LogP contribution in [0.15, 0.2) is 53.0 Å². The third-order valence-electron chi connectivity index (χ3n) is 4.87. The molecule has 2 aromatic carbocycles. The lowest BCUT2D eigenvalue weighted by molar-refractivity contribution is -0.142. The topological polar surface area (TPSA) is 58.6 Å². The number of para-hydroxylation sites is 1. The van der Waals surface area contributed by atoms with E-state index in [1.807, 2.05) is 55.5 Å². The number of carbonyl (C=O) groups excluding carboxylic acids is 2. The second-order valence-corrected chi connectivity index (χ2v) is 8.51. The standard InChI is InChI=1S/C24H31BrN2O3/c1-5-14-26-24(29)18(4)27(15-19-10-12-20(25)13-11-19)23(28)16-30-22-9-7-6-8-21(22)17(2)3/h6-13,17-18H,5,14-16H2,1-4H3,(H,26,29)/t18-/m0/s1. The first-order valence-corrected chi connectivity index (χ1v) is 11.2. The fourth-order valence-electron chi connectivity index (χ4n) is 3.08. The van der Waals surface area contributed by atoms with Gasteiger partial charge in [0, 0.05) is 17.6 Å². The summed E-state index contributed by atoms with van der Waals surface area (Å²) in [6, 6.07) is 14.9. The van der Waals surface area contributed by atoms with Crippen molar-refractivity contribution in [3.8, 4) is 5.75 Å². The molecule has 5 nitrogen and oxygen atoms in total. The summed E-state index contributed by atoms with van der Waals surface area (Å²) in [5, 5.41) is 2.88. The fourth-order valence-corrected chi connectivity index (χ4v) is 3.34. The largest absolute Gasteiger partial charge is 0.483 e. The molecule has 0 spiro atoms. The van der Waals surface area contributed by atoms with Crippen molar-refractivity contribution in [1.82, 2.24) is 10.2 Å². The molecule has 162 valence electrons. The molecule has 2 rings (SSSR count). The minimum absolute atomic E-state index is 0.119. The maximum absolute atomic E-state index is 13.1. The highest BCUT2D eigenvalue weighted by atomic mass is 79.9. The molecular weight excluding hydrogens is 444 g/mol. The molecule has 1 N–H and O–H groups in total. The number of benzene rings is 2. The highest BCUT2D eigenvalue weighted by Gasteiger charge is 2.26. The van der Waals surface area contributed by atoms with Crippen LogP contribution in [-0.4, -0.2) is 35.9 Å². The second-order valence-electron chi connectivity index (χ2n) is 7.60. The van der Waals surface area contributed by atoms with E-state index in [0.717, 1.165) is 22.0 Å². The van der Waals surface area contributed by atoms with Crippen LogP contribution in [0.25, 0.3) is 0 Å². The summed E-state index contributed by atoms with van der Waals surface area (Å²) in [4.78, 5) is 27.2. The molecule has 0 aliphatic heterocycles. The van der Waals surface area contributed by atoms with Crippen LogP contribution in [0.4, 0.5) is 0 Å². The minimum Gasteiger partial charge on any atom is -0.483 e. The summed E-state index contributed by atoms with van der Waals surface area (Å²) in [6.07, 6.45) is 0.841. The molecule has 6 heteroatoms. The van der Waals surface area contributed by atoms with Crippen molar-refractivity contribution in [2.75, 3.05) is 13.2 Å². The number of hydrogen-bond donors (Lipinski definition) is 1. The summed E-state index contributed by atoms with van der Waals surface area (Å²) in [7, 11) is 0. The van der Waals surface area contributed by atoms with E-state index in [0.29, 0.717) is 18.8 Å². The Morgan fingerprint density at radius 3 is 2.37 bits per heavy atom. The highest BCUT2D eigenvalue weighted by Crippen LogP contribution is 2.26. The van der Waals surface area contributed by atoms with Crippen LogP contribution in [0.5, 0.6) is 5.75 Å². The van der Waals surface area contributed by atoms with E-state index >= 15 is 0 Å². The zero-order chi connectivity index (χ0) is 22.1. The van der Waals surface area contributed by atoms with Crippen molar-refractivity contribution in [2.45, 2.75) is 52.6 Å². The molecule has 0 radical (unpaired) electrons. The van der Waals surface area contributed by atoms with E-state index < -0.39 is 6.04 Å². The normalized spacial score (nSPS) is 11.8. The van der Waals surface area contributed by atoms with Gasteiger partial charge < -0.3 is 15.0 Å². The highest BCUT2D eigenvalue weighted by molar-refractivity contribution is 9.10. The lowest BCUT2D eigenvalue weighted by Crippen LogP contribution is -2.49. The van der Waals surface area contributed by atoms with E-state index in [9.17, 15) is 9.59 Å². The van der Waals surface area contributed by atoms with E-state index in [2.05, 4.69) is 35.1 Å². The summed E-state index contributed by atoms with van der Waals surface area (Å²) in [6.45, 7) is 8.73. The van der Waals surface area contributed by atoms with Gasteiger partial charge in [-0.2, -0.15) is 0 Å². The van der Waals surface area contributed by atoms with Crippen LogP contribution in [0, 0.1) is 0 Å². The van der Waals surface area contributed by atoms with Crippen molar-refractivity contribution in [2.24, 2.45) is 0 Å². The van der Waals surface area contributed by atoms with Crippen molar-refractivity contribution in [3.63, 3.8) is 0 Å². The lowest BCUT2D eigenvalue weighted by atomic mass is 10.0. The smallest absolute Gasteiger partial charge is 0.261 e. The Kier molecular flexibility index (Phi) is 9.37. The number of nitrogens with one attached hydrogen (secondary N) is 1. The van der Waals surface area contributed by atoms with Gasteiger partial charge in [0.1, 0.15) is 11.8 Å². The maximum Gasteiger partial charge on any atom is 0.261 e. The molecule has 1 atom stereocenters. The van der Waals surface area contributed by atoms with E-state index in [-0.39, 0.29) is 24.3 Å². The molecule has 0 unspecified atom stereocenters. The van der Waals surface area contributed by atoms with Gasteiger partial charge in [0.15, 0.2) is 6.61 Å². The fraction of sp³-hybridized carbons (Fsp3) is 0.417. The number of amides is 2. The predicted octanol–water partition coefficient (Wildman–Crippen LogP) is 4.89. The Hall–Kier alpha value is -2.34. The Morgan fingerprint density at radius 2 is 1.73 bits per heavy atom. The van der Waals surface area contributed by atoms with E-state index in [1.165, 1.54) is 0 Å². The first-order chi connectivity index (χ1) is 14.3. The zero-order valence-electron chi connectivity index (χ0n) is 18.2. The number of nitrogens with zero attached hydrogens (tertiary/aromatic N) is 1. The van der Waals surface area contributed by atoms with Gasteiger partial charge in [-0.05, 0) is 48.6 Å². The summed E-state index contributed by atoms with van der Waals surface area (Å²) in [5.74, 6) is 0.599. The predicted molar refractivity (Wildman–Crippen MR) is 123 cm³/mol. The van der Waals surface area contributed by atoms with Crippen LogP contribution in [0.2, 0.25) is 0 Å².